The summed E-state index contributed by atoms with van der Waals surface area (Å²) in [6.45, 7) is 3.12. The van der Waals surface area contributed by atoms with Crippen molar-refractivity contribution < 1.29 is 0 Å². The molecule has 1 unspecified atom stereocenters. The third-order valence-electron chi connectivity index (χ3n) is 2.05. The summed E-state index contributed by atoms with van der Waals surface area (Å²) in [5.41, 5.74) is 6.89. The van der Waals surface area contributed by atoms with E-state index < -0.39 is 0 Å². The molecule has 0 radical (unpaired) electrons. The van der Waals surface area contributed by atoms with Gasteiger partial charge in [-0.1, -0.05) is 36.3 Å². The molecule has 0 aliphatic carbocycles. The normalized spacial score (nSPS) is 11.6. The standard InChI is InChI=1S/C12H16N2/c1-2-3-9-14-12(10-13)11-7-5-4-6-8-11/h4-8,12,14H,9-10,13H2,1H3. The van der Waals surface area contributed by atoms with Crippen LogP contribution in [0.2, 0.25) is 0 Å². The third kappa shape index (κ3) is 3.21. The number of hydrogen-bond donors (Lipinski definition) is 2. The number of benzene rings is 1. The van der Waals surface area contributed by atoms with E-state index in [4.69, 9.17) is 5.73 Å². The lowest BCUT2D eigenvalue weighted by atomic mass is 10.1. The van der Waals surface area contributed by atoms with Gasteiger partial charge in [0.15, 0.2) is 0 Å². The molecule has 14 heavy (non-hydrogen) atoms. The summed E-state index contributed by atoms with van der Waals surface area (Å²) in [5.74, 6) is 5.81. The van der Waals surface area contributed by atoms with Crippen molar-refractivity contribution in [1.29, 1.82) is 0 Å². The lowest BCUT2D eigenvalue weighted by Crippen LogP contribution is -2.28. The van der Waals surface area contributed by atoms with Crippen LogP contribution in [0.4, 0.5) is 0 Å². The van der Waals surface area contributed by atoms with E-state index in [0.29, 0.717) is 13.1 Å². The Bertz CT molecular complexity index is 308. The van der Waals surface area contributed by atoms with Gasteiger partial charge in [0.25, 0.3) is 0 Å². The van der Waals surface area contributed by atoms with E-state index in [0.717, 1.165) is 0 Å². The van der Waals surface area contributed by atoms with Crippen LogP contribution in [0.25, 0.3) is 0 Å². The molecule has 0 aliphatic heterocycles. The second-order valence-electron chi connectivity index (χ2n) is 3.01. The molecule has 74 valence electrons. The molecule has 1 aromatic carbocycles. The van der Waals surface area contributed by atoms with Crippen LogP contribution in [-0.4, -0.2) is 13.1 Å². The SMILES string of the molecule is CC#CCNC(CN)c1ccccc1. The second-order valence-corrected chi connectivity index (χ2v) is 3.01. The maximum atomic E-state index is 5.68. The Hall–Kier alpha value is -1.30. The molecule has 1 aromatic rings. The minimum absolute atomic E-state index is 0.206. The Morgan fingerprint density at radius 3 is 2.64 bits per heavy atom. The van der Waals surface area contributed by atoms with E-state index in [1.807, 2.05) is 25.1 Å². The molecule has 0 saturated carbocycles. The molecular weight excluding hydrogens is 172 g/mol. The molecule has 1 atom stereocenters. The smallest absolute Gasteiger partial charge is 0.0581 e. The van der Waals surface area contributed by atoms with Crippen LogP contribution in [0.15, 0.2) is 30.3 Å². The Morgan fingerprint density at radius 1 is 1.36 bits per heavy atom. The van der Waals surface area contributed by atoms with E-state index in [1.165, 1.54) is 5.56 Å². The lowest BCUT2D eigenvalue weighted by molar-refractivity contribution is 0.582. The maximum Gasteiger partial charge on any atom is 0.0581 e. The summed E-state index contributed by atoms with van der Waals surface area (Å²) < 4.78 is 0. The average molecular weight is 188 g/mol. The van der Waals surface area contributed by atoms with Gasteiger partial charge in [-0.2, -0.15) is 0 Å². The molecule has 0 heterocycles. The first-order valence-electron chi connectivity index (χ1n) is 4.76. The first kappa shape index (κ1) is 10.8. The number of nitrogens with one attached hydrogen (secondary N) is 1. The topological polar surface area (TPSA) is 38.0 Å². The molecule has 0 aromatic heterocycles. The van der Waals surface area contributed by atoms with E-state index >= 15 is 0 Å². The van der Waals surface area contributed by atoms with Crippen LogP contribution in [0.1, 0.15) is 18.5 Å². The van der Waals surface area contributed by atoms with Crippen LogP contribution >= 0.6 is 0 Å². The molecule has 0 saturated heterocycles. The molecule has 1 rings (SSSR count). The zero-order valence-electron chi connectivity index (χ0n) is 8.46. The highest BCUT2D eigenvalue weighted by atomic mass is 14.9. The van der Waals surface area contributed by atoms with E-state index in [2.05, 4.69) is 29.3 Å². The summed E-state index contributed by atoms with van der Waals surface area (Å²) in [6, 6.07) is 10.4. The number of nitrogens with two attached hydrogens (primary N) is 1. The Kier molecular flexibility index (Phi) is 4.77. The monoisotopic (exact) mass is 188 g/mol. The van der Waals surface area contributed by atoms with Crippen molar-refractivity contribution in [2.24, 2.45) is 5.73 Å². The van der Waals surface area contributed by atoms with Crippen molar-refractivity contribution in [3.05, 3.63) is 35.9 Å². The minimum atomic E-state index is 0.206. The predicted octanol–water partition coefficient (Wildman–Crippen LogP) is 1.30. The van der Waals surface area contributed by atoms with Gasteiger partial charge in [-0.15, -0.1) is 5.92 Å². The highest BCUT2D eigenvalue weighted by Gasteiger charge is 2.05. The molecule has 0 spiro atoms. The summed E-state index contributed by atoms with van der Waals surface area (Å²) in [7, 11) is 0. The highest BCUT2D eigenvalue weighted by molar-refractivity contribution is 5.19. The Balaban J connectivity index is 2.57. The van der Waals surface area contributed by atoms with E-state index in [1.54, 1.807) is 0 Å². The maximum absolute atomic E-state index is 5.68. The van der Waals surface area contributed by atoms with Crippen LogP contribution in [0.3, 0.4) is 0 Å². The minimum Gasteiger partial charge on any atom is -0.329 e. The third-order valence-corrected chi connectivity index (χ3v) is 2.05. The molecule has 0 aliphatic rings. The first-order chi connectivity index (χ1) is 6.88. The van der Waals surface area contributed by atoms with Crippen molar-refractivity contribution in [3.8, 4) is 11.8 Å². The molecular formula is C12H16N2. The Labute approximate surface area is 85.5 Å². The zero-order valence-corrected chi connectivity index (χ0v) is 8.46. The lowest BCUT2D eigenvalue weighted by Gasteiger charge is -2.15. The van der Waals surface area contributed by atoms with E-state index in [9.17, 15) is 0 Å². The van der Waals surface area contributed by atoms with Crippen LogP contribution < -0.4 is 11.1 Å². The van der Waals surface area contributed by atoms with Crippen LogP contribution in [0, 0.1) is 11.8 Å². The molecule has 0 bridgehead atoms. The summed E-state index contributed by atoms with van der Waals surface area (Å²) in [5, 5.41) is 3.29. The fourth-order valence-electron chi connectivity index (χ4n) is 1.29. The van der Waals surface area contributed by atoms with Crippen LogP contribution in [-0.2, 0) is 0 Å². The largest absolute Gasteiger partial charge is 0.329 e. The van der Waals surface area contributed by atoms with Gasteiger partial charge in [0.05, 0.1) is 6.54 Å². The number of hydrogen-bond acceptors (Lipinski definition) is 2. The number of rotatable bonds is 4. The van der Waals surface area contributed by atoms with Gasteiger partial charge in [0, 0.05) is 12.6 Å². The molecule has 2 nitrogen and oxygen atoms in total. The molecule has 2 heteroatoms. The first-order valence-corrected chi connectivity index (χ1v) is 4.76. The van der Waals surface area contributed by atoms with Crippen molar-refractivity contribution in [3.63, 3.8) is 0 Å². The van der Waals surface area contributed by atoms with Crippen molar-refractivity contribution in [2.45, 2.75) is 13.0 Å². The summed E-state index contributed by atoms with van der Waals surface area (Å²) >= 11 is 0. The fourth-order valence-corrected chi connectivity index (χ4v) is 1.29. The van der Waals surface area contributed by atoms with Gasteiger partial charge >= 0.3 is 0 Å². The Morgan fingerprint density at radius 2 is 2.07 bits per heavy atom. The van der Waals surface area contributed by atoms with Gasteiger partial charge in [-0.05, 0) is 12.5 Å². The second kappa shape index (κ2) is 6.20. The highest BCUT2D eigenvalue weighted by Crippen LogP contribution is 2.09. The fraction of sp³-hybridized carbons (Fsp3) is 0.333. The van der Waals surface area contributed by atoms with E-state index in [-0.39, 0.29) is 6.04 Å². The van der Waals surface area contributed by atoms with Crippen molar-refractivity contribution in [2.75, 3.05) is 13.1 Å². The molecule has 0 fully saturated rings. The van der Waals surface area contributed by atoms with Crippen molar-refractivity contribution in [1.82, 2.24) is 5.32 Å². The van der Waals surface area contributed by atoms with Gasteiger partial charge in [0.2, 0.25) is 0 Å². The average Bonchev–Trinajstić information content (AvgIpc) is 2.26. The summed E-state index contributed by atoms with van der Waals surface area (Å²) in [4.78, 5) is 0. The molecule has 0 amide bonds. The van der Waals surface area contributed by atoms with Gasteiger partial charge in [-0.25, -0.2) is 0 Å². The quantitative estimate of drug-likeness (QED) is 0.699. The zero-order chi connectivity index (χ0) is 10.2. The van der Waals surface area contributed by atoms with Gasteiger partial charge in [-0.3, -0.25) is 5.32 Å². The van der Waals surface area contributed by atoms with Gasteiger partial charge < -0.3 is 5.73 Å². The van der Waals surface area contributed by atoms with Gasteiger partial charge in [0.1, 0.15) is 0 Å². The van der Waals surface area contributed by atoms with Crippen LogP contribution in [0.5, 0.6) is 0 Å². The summed E-state index contributed by atoms with van der Waals surface area (Å²) in [6.07, 6.45) is 0. The molecule has 3 N–H and O–H groups in total. The van der Waals surface area contributed by atoms with Crippen molar-refractivity contribution >= 4 is 0 Å². The predicted molar refractivity (Wildman–Crippen MR) is 59.7 cm³/mol.